The summed E-state index contributed by atoms with van der Waals surface area (Å²) in [6, 6.07) is 5.46. The molecular formula is C17H17FN2O4. The number of fused-ring (bicyclic) bond motifs is 1. The lowest BCUT2D eigenvalue weighted by Crippen LogP contribution is -2.24. The van der Waals surface area contributed by atoms with Crippen LogP contribution in [-0.4, -0.2) is 24.7 Å². The SMILES string of the molecule is COc1ccc(NC(=O)c2c(OC)cc(=O)n3c2CCC3)cc1F. The first-order valence-electron chi connectivity index (χ1n) is 7.50. The van der Waals surface area contributed by atoms with Crippen LogP contribution in [0.25, 0.3) is 0 Å². The van der Waals surface area contributed by atoms with Gasteiger partial charge in [0.2, 0.25) is 0 Å². The van der Waals surface area contributed by atoms with Crippen LogP contribution in [0.2, 0.25) is 0 Å². The number of anilines is 1. The quantitative estimate of drug-likeness (QED) is 0.932. The molecule has 1 N–H and O–H groups in total. The van der Waals surface area contributed by atoms with Crippen molar-refractivity contribution in [2.45, 2.75) is 19.4 Å². The normalized spacial score (nSPS) is 12.6. The van der Waals surface area contributed by atoms with Gasteiger partial charge in [0.15, 0.2) is 11.6 Å². The number of benzene rings is 1. The smallest absolute Gasteiger partial charge is 0.261 e. The van der Waals surface area contributed by atoms with Gasteiger partial charge < -0.3 is 19.4 Å². The van der Waals surface area contributed by atoms with E-state index in [0.717, 1.165) is 6.42 Å². The third kappa shape index (κ3) is 2.73. The number of pyridine rings is 1. The van der Waals surface area contributed by atoms with Crippen LogP contribution in [0, 0.1) is 5.82 Å². The molecule has 0 unspecified atom stereocenters. The molecule has 1 amide bonds. The summed E-state index contributed by atoms with van der Waals surface area (Å²) in [5, 5.41) is 2.64. The van der Waals surface area contributed by atoms with Crippen LogP contribution >= 0.6 is 0 Å². The molecule has 2 heterocycles. The zero-order valence-corrected chi connectivity index (χ0v) is 13.4. The summed E-state index contributed by atoms with van der Waals surface area (Å²) in [4.78, 5) is 24.7. The van der Waals surface area contributed by atoms with Gasteiger partial charge in [-0.1, -0.05) is 0 Å². The average molecular weight is 332 g/mol. The van der Waals surface area contributed by atoms with E-state index in [1.807, 2.05) is 0 Å². The van der Waals surface area contributed by atoms with Crippen LogP contribution in [-0.2, 0) is 13.0 Å². The number of hydrogen-bond acceptors (Lipinski definition) is 4. The number of amides is 1. The van der Waals surface area contributed by atoms with E-state index in [4.69, 9.17) is 9.47 Å². The Labute approximate surface area is 137 Å². The van der Waals surface area contributed by atoms with Gasteiger partial charge >= 0.3 is 0 Å². The summed E-state index contributed by atoms with van der Waals surface area (Å²) in [6.45, 7) is 0.579. The monoisotopic (exact) mass is 332 g/mol. The molecule has 1 aromatic heterocycles. The van der Waals surface area contributed by atoms with E-state index >= 15 is 0 Å². The summed E-state index contributed by atoms with van der Waals surface area (Å²) in [5.41, 5.74) is 1.06. The molecular weight excluding hydrogens is 315 g/mol. The van der Waals surface area contributed by atoms with E-state index in [1.54, 1.807) is 10.6 Å². The van der Waals surface area contributed by atoms with Crippen LogP contribution in [0.4, 0.5) is 10.1 Å². The molecule has 0 spiro atoms. The lowest BCUT2D eigenvalue weighted by molar-refractivity contribution is 0.102. The van der Waals surface area contributed by atoms with Gasteiger partial charge in [-0.3, -0.25) is 9.59 Å². The molecule has 0 fully saturated rings. The van der Waals surface area contributed by atoms with Crippen molar-refractivity contribution < 1.29 is 18.7 Å². The molecule has 1 aliphatic rings. The first kappa shape index (κ1) is 16.0. The fraction of sp³-hybridized carbons (Fsp3) is 0.294. The fourth-order valence-corrected chi connectivity index (χ4v) is 2.92. The molecule has 0 aliphatic carbocycles. The Hall–Kier alpha value is -2.83. The predicted octanol–water partition coefficient (Wildman–Crippen LogP) is 2.20. The largest absolute Gasteiger partial charge is 0.496 e. The van der Waals surface area contributed by atoms with Crippen molar-refractivity contribution >= 4 is 11.6 Å². The Bertz CT molecular complexity index is 860. The maximum Gasteiger partial charge on any atom is 0.261 e. The minimum absolute atomic E-state index is 0.0951. The minimum atomic E-state index is -0.572. The van der Waals surface area contributed by atoms with Gasteiger partial charge in [0, 0.05) is 30.1 Å². The Kier molecular flexibility index (Phi) is 4.24. The summed E-state index contributed by atoms with van der Waals surface area (Å²) in [5.74, 6) is -0.698. The number of carbonyl (C=O) groups is 1. The molecule has 1 aliphatic heterocycles. The van der Waals surface area contributed by atoms with Crippen molar-refractivity contribution in [3.05, 3.63) is 51.7 Å². The van der Waals surface area contributed by atoms with Crippen LogP contribution in [0.3, 0.4) is 0 Å². The van der Waals surface area contributed by atoms with Crippen molar-refractivity contribution in [2.24, 2.45) is 0 Å². The van der Waals surface area contributed by atoms with Crippen LogP contribution < -0.4 is 20.3 Å². The summed E-state index contributed by atoms with van der Waals surface area (Å²) in [7, 11) is 2.77. The lowest BCUT2D eigenvalue weighted by Gasteiger charge is -2.14. The van der Waals surface area contributed by atoms with E-state index in [0.29, 0.717) is 29.9 Å². The standard InChI is InChI=1S/C17H17FN2O4/c1-23-13-6-5-10(8-11(13)18)19-17(22)16-12-4-3-7-20(12)15(21)9-14(16)24-2/h5-6,8-9H,3-4,7H2,1-2H3,(H,19,22). The third-order valence-electron chi connectivity index (χ3n) is 4.03. The average Bonchev–Trinajstić information content (AvgIpc) is 3.04. The highest BCUT2D eigenvalue weighted by molar-refractivity contribution is 6.07. The second kappa shape index (κ2) is 6.35. The van der Waals surface area contributed by atoms with Gasteiger partial charge in [0.1, 0.15) is 11.3 Å². The first-order valence-corrected chi connectivity index (χ1v) is 7.50. The van der Waals surface area contributed by atoms with Gasteiger partial charge in [0.05, 0.1) is 14.2 Å². The highest BCUT2D eigenvalue weighted by atomic mass is 19.1. The Balaban J connectivity index is 1.97. The molecule has 3 rings (SSSR count). The maximum absolute atomic E-state index is 13.8. The minimum Gasteiger partial charge on any atom is -0.496 e. The highest BCUT2D eigenvalue weighted by Crippen LogP contribution is 2.27. The molecule has 0 bridgehead atoms. The summed E-state index contributed by atoms with van der Waals surface area (Å²) < 4.78 is 25.4. The van der Waals surface area contributed by atoms with Crippen molar-refractivity contribution in [3.63, 3.8) is 0 Å². The van der Waals surface area contributed by atoms with Gasteiger partial charge in [-0.15, -0.1) is 0 Å². The van der Waals surface area contributed by atoms with Crippen LogP contribution in [0.1, 0.15) is 22.5 Å². The lowest BCUT2D eigenvalue weighted by atomic mass is 10.1. The molecule has 24 heavy (non-hydrogen) atoms. The number of halogens is 1. The van der Waals surface area contributed by atoms with Gasteiger partial charge in [-0.05, 0) is 25.0 Å². The van der Waals surface area contributed by atoms with Gasteiger partial charge in [-0.2, -0.15) is 0 Å². The Morgan fingerprint density at radius 1 is 1.21 bits per heavy atom. The van der Waals surface area contributed by atoms with Crippen molar-refractivity contribution in [2.75, 3.05) is 19.5 Å². The zero-order valence-electron chi connectivity index (χ0n) is 13.4. The number of nitrogens with zero attached hydrogens (tertiary/aromatic N) is 1. The van der Waals surface area contributed by atoms with Crippen molar-refractivity contribution in [1.29, 1.82) is 0 Å². The van der Waals surface area contributed by atoms with E-state index in [1.165, 1.54) is 32.4 Å². The molecule has 0 saturated carbocycles. The predicted molar refractivity (Wildman–Crippen MR) is 86.5 cm³/mol. The molecule has 6 nitrogen and oxygen atoms in total. The Morgan fingerprint density at radius 3 is 2.62 bits per heavy atom. The highest BCUT2D eigenvalue weighted by Gasteiger charge is 2.25. The van der Waals surface area contributed by atoms with Gasteiger partial charge in [0.25, 0.3) is 11.5 Å². The molecule has 2 aromatic rings. The fourth-order valence-electron chi connectivity index (χ4n) is 2.92. The third-order valence-corrected chi connectivity index (χ3v) is 4.03. The summed E-state index contributed by atoms with van der Waals surface area (Å²) in [6.07, 6.45) is 1.41. The topological polar surface area (TPSA) is 69.6 Å². The maximum atomic E-state index is 13.8. The molecule has 7 heteroatoms. The number of ether oxygens (including phenoxy) is 2. The van der Waals surface area contributed by atoms with Crippen LogP contribution in [0.5, 0.6) is 11.5 Å². The van der Waals surface area contributed by atoms with E-state index in [2.05, 4.69) is 5.32 Å². The van der Waals surface area contributed by atoms with Crippen molar-refractivity contribution in [3.8, 4) is 11.5 Å². The first-order chi connectivity index (χ1) is 11.5. The second-order valence-corrected chi connectivity index (χ2v) is 5.43. The molecule has 0 saturated heterocycles. The number of aromatic nitrogens is 1. The Morgan fingerprint density at radius 2 is 1.96 bits per heavy atom. The molecule has 1 aromatic carbocycles. The molecule has 126 valence electrons. The second-order valence-electron chi connectivity index (χ2n) is 5.43. The molecule has 0 radical (unpaired) electrons. The number of methoxy groups -OCH3 is 2. The molecule has 0 atom stereocenters. The zero-order chi connectivity index (χ0) is 17.3. The van der Waals surface area contributed by atoms with E-state index in [9.17, 15) is 14.0 Å². The number of rotatable bonds is 4. The van der Waals surface area contributed by atoms with Crippen molar-refractivity contribution in [1.82, 2.24) is 4.57 Å². The summed E-state index contributed by atoms with van der Waals surface area (Å²) >= 11 is 0. The number of nitrogens with one attached hydrogen (secondary N) is 1. The van der Waals surface area contributed by atoms with Crippen LogP contribution in [0.15, 0.2) is 29.1 Å². The van der Waals surface area contributed by atoms with Gasteiger partial charge in [-0.25, -0.2) is 4.39 Å². The number of carbonyl (C=O) groups excluding carboxylic acids is 1. The van der Waals surface area contributed by atoms with E-state index in [-0.39, 0.29) is 17.1 Å². The van der Waals surface area contributed by atoms with E-state index < -0.39 is 11.7 Å². The number of hydrogen-bond donors (Lipinski definition) is 1.